The Hall–Kier alpha value is -3.88. The van der Waals surface area contributed by atoms with E-state index in [2.05, 4.69) is 10.3 Å². The Morgan fingerprint density at radius 1 is 0.943 bits per heavy atom. The van der Waals surface area contributed by atoms with Crippen molar-refractivity contribution in [1.82, 2.24) is 15.2 Å². The van der Waals surface area contributed by atoms with Crippen LogP contribution in [0.5, 0.6) is 0 Å². The van der Waals surface area contributed by atoms with Gasteiger partial charge in [0.05, 0.1) is 43.3 Å². The Bertz CT molecular complexity index is 1220. The third-order valence-electron chi connectivity index (χ3n) is 6.76. The number of benzene rings is 2. The van der Waals surface area contributed by atoms with E-state index in [4.69, 9.17) is 4.74 Å². The highest BCUT2D eigenvalue weighted by molar-refractivity contribution is 6.09. The van der Waals surface area contributed by atoms with Gasteiger partial charge in [0.2, 0.25) is 11.8 Å². The zero-order chi connectivity index (χ0) is 24.4. The molecular formula is C27H25N3O5. The van der Waals surface area contributed by atoms with Crippen LogP contribution in [-0.4, -0.2) is 44.9 Å². The fraction of sp³-hybridized carbons (Fsp3) is 0.259. The number of amides is 2. The van der Waals surface area contributed by atoms with E-state index in [0.717, 1.165) is 11.1 Å². The molecule has 2 aromatic carbocycles. The van der Waals surface area contributed by atoms with Crippen molar-refractivity contribution in [3.63, 3.8) is 0 Å². The summed E-state index contributed by atoms with van der Waals surface area (Å²) in [5, 5.41) is 13.5. The zero-order valence-corrected chi connectivity index (χ0v) is 18.9. The van der Waals surface area contributed by atoms with Crippen molar-refractivity contribution in [2.24, 2.45) is 11.8 Å². The summed E-state index contributed by atoms with van der Waals surface area (Å²) in [5.41, 5.74) is 0.400. The quantitative estimate of drug-likeness (QED) is 0.486. The number of ether oxygens (including phenoxy) is 1. The van der Waals surface area contributed by atoms with Crippen LogP contribution in [0.15, 0.2) is 85.1 Å². The van der Waals surface area contributed by atoms with Crippen LogP contribution < -0.4 is 5.32 Å². The number of rotatable bonds is 8. The van der Waals surface area contributed by atoms with E-state index in [9.17, 15) is 19.5 Å². The van der Waals surface area contributed by atoms with Crippen LogP contribution in [0.25, 0.3) is 0 Å². The maximum absolute atomic E-state index is 13.7. The molecule has 2 fully saturated rings. The molecule has 35 heavy (non-hydrogen) atoms. The first-order valence-electron chi connectivity index (χ1n) is 11.4. The highest BCUT2D eigenvalue weighted by Gasteiger charge is 2.69. The third kappa shape index (κ3) is 4.11. The first-order chi connectivity index (χ1) is 17.0. The van der Waals surface area contributed by atoms with E-state index in [-0.39, 0.29) is 19.8 Å². The number of carboxylic acids is 1. The Labute approximate surface area is 202 Å². The molecule has 5 rings (SSSR count). The largest absolute Gasteiger partial charge is 0.480 e. The molecule has 178 valence electrons. The lowest BCUT2D eigenvalue weighted by Gasteiger charge is -2.30. The number of likely N-dealkylation sites (tertiary alicyclic amines) is 1. The average Bonchev–Trinajstić information content (AvgIpc) is 3.36. The Balaban J connectivity index is 1.49. The molecular weight excluding hydrogens is 446 g/mol. The van der Waals surface area contributed by atoms with Crippen molar-refractivity contribution in [1.29, 1.82) is 0 Å². The van der Waals surface area contributed by atoms with Gasteiger partial charge >= 0.3 is 5.97 Å². The molecule has 1 aromatic heterocycles. The van der Waals surface area contributed by atoms with Crippen molar-refractivity contribution >= 4 is 17.8 Å². The van der Waals surface area contributed by atoms with Crippen LogP contribution in [0.4, 0.5) is 0 Å². The second-order valence-corrected chi connectivity index (χ2v) is 8.88. The van der Waals surface area contributed by atoms with Gasteiger partial charge in [0.25, 0.3) is 0 Å². The summed E-state index contributed by atoms with van der Waals surface area (Å²) in [6.45, 7) is -0.0139. The molecule has 4 atom stereocenters. The SMILES string of the molecule is O=C1C2C(c3ccccn3)NC(COCc3ccccc3)(C(=O)O)C2C(=O)N1Cc1ccccc1. The number of hydrogen-bond acceptors (Lipinski definition) is 6. The molecule has 2 aliphatic rings. The van der Waals surface area contributed by atoms with Gasteiger partial charge < -0.3 is 9.84 Å². The molecule has 4 unspecified atom stereocenters. The summed E-state index contributed by atoms with van der Waals surface area (Å²) in [7, 11) is 0. The molecule has 0 spiro atoms. The van der Waals surface area contributed by atoms with Gasteiger partial charge in [-0.3, -0.25) is 29.6 Å². The lowest BCUT2D eigenvalue weighted by atomic mass is 9.80. The second-order valence-electron chi connectivity index (χ2n) is 8.88. The number of imide groups is 1. The zero-order valence-electron chi connectivity index (χ0n) is 18.9. The average molecular weight is 472 g/mol. The highest BCUT2D eigenvalue weighted by Crippen LogP contribution is 2.49. The number of pyridine rings is 1. The molecule has 8 nitrogen and oxygen atoms in total. The van der Waals surface area contributed by atoms with Crippen molar-refractivity contribution in [3.8, 4) is 0 Å². The Morgan fingerprint density at radius 2 is 1.60 bits per heavy atom. The number of fused-ring (bicyclic) bond motifs is 1. The summed E-state index contributed by atoms with van der Waals surface area (Å²) in [5.74, 6) is -4.18. The lowest BCUT2D eigenvalue weighted by molar-refractivity contribution is -0.155. The van der Waals surface area contributed by atoms with E-state index in [1.165, 1.54) is 4.90 Å². The summed E-state index contributed by atoms with van der Waals surface area (Å²) < 4.78 is 5.85. The van der Waals surface area contributed by atoms with E-state index in [1.54, 1.807) is 24.4 Å². The maximum atomic E-state index is 13.7. The van der Waals surface area contributed by atoms with Gasteiger partial charge in [-0.1, -0.05) is 66.7 Å². The van der Waals surface area contributed by atoms with Crippen molar-refractivity contribution < 1.29 is 24.2 Å². The Kier molecular flexibility index (Phi) is 6.15. The normalized spacial score (nSPS) is 25.6. The van der Waals surface area contributed by atoms with E-state index in [0.29, 0.717) is 5.69 Å². The topological polar surface area (TPSA) is 109 Å². The number of nitrogens with zero attached hydrogens (tertiary/aromatic N) is 2. The van der Waals surface area contributed by atoms with Crippen LogP contribution in [0, 0.1) is 11.8 Å². The Morgan fingerprint density at radius 3 is 2.23 bits per heavy atom. The number of aliphatic carboxylic acids is 1. The minimum atomic E-state index is -1.78. The maximum Gasteiger partial charge on any atom is 0.327 e. The minimum Gasteiger partial charge on any atom is -0.480 e. The predicted molar refractivity (Wildman–Crippen MR) is 126 cm³/mol. The molecule has 3 heterocycles. The summed E-state index contributed by atoms with van der Waals surface area (Å²) in [6.07, 6.45) is 1.58. The summed E-state index contributed by atoms with van der Waals surface area (Å²) in [4.78, 5) is 45.6. The summed E-state index contributed by atoms with van der Waals surface area (Å²) in [6, 6.07) is 23.1. The minimum absolute atomic E-state index is 0.0843. The van der Waals surface area contributed by atoms with E-state index in [1.807, 2.05) is 60.7 Å². The lowest BCUT2D eigenvalue weighted by Crippen LogP contribution is -2.58. The highest BCUT2D eigenvalue weighted by atomic mass is 16.5. The van der Waals surface area contributed by atoms with Crippen LogP contribution in [0.3, 0.4) is 0 Å². The van der Waals surface area contributed by atoms with E-state index < -0.39 is 41.2 Å². The van der Waals surface area contributed by atoms with Gasteiger partial charge in [-0.05, 0) is 23.3 Å². The molecule has 8 heteroatoms. The second kappa shape index (κ2) is 9.40. The van der Waals surface area contributed by atoms with Gasteiger partial charge in [0, 0.05) is 6.20 Å². The monoisotopic (exact) mass is 471 g/mol. The fourth-order valence-corrected chi connectivity index (χ4v) is 5.09. The van der Waals surface area contributed by atoms with Gasteiger partial charge in [0.15, 0.2) is 5.54 Å². The molecule has 0 bridgehead atoms. The number of hydrogen-bond donors (Lipinski definition) is 2. The molecule has 2 saturated heterocycles. The first kappa shape index (κ1) is 22.9. The molecule has 3 aromatic rings. The van der Waals surface area contributed by atoms with Crippen LogP contribution in [0.2, 0.25) is 0 Å². The van der Waals surface area contributed by atoms with Crippen LogP contribution >= 0.6 is 0 Å². The van der Waals surface area contributed by atoms with Crippen molar-refractivity contribution in [3.05, 3.63) is 102 Å². The first-order valence-corrected chi connectivity index (χ1v) is 11.4. The molecule has 0 radical (unpaired) electrons. The van der Waals surface area contributed by atoms with Crippen molar-refractivity contribution in [2.75, 3.05) is 6.61 Å². The van der Waals surface area contributed by atoms with Gasteiger partial charge in [0.1, 0.15) is 0 Å². The number of carbonyl (C=O) groups is 3. The van der Waals surface area contributed by atoms with Crippen molar-refractivity contribution in [2.45, 2.75) is 24.7 Å². The van der Waals surface area contributed by atoms with Gasteiger partial charge in [-0.25, -0.2) is 0 Å². The fourth-order valence-electron chi connectivity index (χ4n) is 5.09. The molecule has 2 aliphatic heterocycles. The standard InChI is InChI=1S/C27H25N3O5/c31-24-21-22(25(32)30(24)15-18-9-3-1-4-10-18)27(26(33)34,17-35-16-19-11-5-2-6-12-19)29-23(21)20-13-7-8-14-28-20/h1-14,21-23,29H,15-17H2,(H,33,34). The summed E-state index contributed by atoms with van der Waals surface area (Å²) >= 11 is 0. The van der Waals surface area contributed by atoms with Crippen LogP contribution in [-0.2, 0) is 32.3 Å². The molecule has 2 N–H and O–H groups in total. The van der Waals surface area contributed by atoms with Crippen LogP contribution in [0.1, 0.15) is 22.9 Å². The molecule has 0 saturated carbocycles. The number of carbonyl (C=O) groups excluding carboxylic acids is 2. The number of aromatic nitrogens is 1. The van der Waals surface area contributed by atoms with Gasteiger partial charge in [-0.2, -0.15) is 0 Å². The predicted octanol–water partition coefficient (Wildman–Crippen LogP) is 2.57. The molecule has 0 aliphatic carbocycles. The van der Waals surface area contributed by atoms with E-state index >= 15 is 0 Å². The smallest absolute Gasteiger partial charge is 0.327 e. The number of carboxylic acid groups (broad SMARTS) is 1. The van der Waals surface area contributed by atoms with Gasteiger partial charge in [-0.15, -0.1) is 0 Å². The number of nitrogens with one attached hydrogen (secondary N) is 1. The third-order valence-corrected chi connectivity index (χ3v) is 6.76. The molecule has 2 amide bonds.